The summed E-state index contributed by atoms with van der Waals surface area (Å²) >= 11 is 1.70. The van der Waals surface area contributed by atoms with Crippen molar-refractivity contribution in [2.45, 2.75) is 50.7 Å². The normalized spacial score (nSPS) is 23.6. The van der Waals surface area contributed by atoms with E-state index < -0.39 is 24.0 Å². The summed E-state index contributed by atoms with van der Waals surface area (Å²) in [5.74, 6) is -0.174. The second-order valence-electron chi connectivity index (χ2n) is 5.52. The Hall–Kier alpha value is -1.81. The van der Waals surface area contributed by atoms with Crippen molar-refractivity contribution in [1.82, 2.24) is 16.0 Å². The van der Waals surface area contributed by atoms with Gasteiger partial charge in [0.25, 0.3) is 0 Å². The molecule has 0 radical (unpaired) electrons. The minimum absolute atomic E-state index is 0.0833. The Kier molecular flexibility index (Phi) is 8.55. The smallest absolute Gasteiger partial charge is 0.326 e. The third-order valence-corrected chi connectivity index (χ3v) is 4.50. The zero-order valence-electron chi connectivity index (χ0n) is 13.5. The monoisotopic (exact) mass is 360 g/mol. The fourth-order valence-corrected chi connectivity index (χ4v) is 3.16. The van der Waals surface area contributed by atoms with E-state index in [2.05, 4.69) is 16.0 Å². The van der Waals surface area contributed by atoms with E-state index in [0.717, 1.165) is 11.6 Å². The molecule has 0 aromatic rings. The van der Waals surface area contributed by atoms with Crippen molar-refractivity contribution in [3.05, 3.63) is 0 Å². The van der Waals surface area contributed by atoms with Crippen LogP contribution in [0.15, 0.2) is 0 Å². The fraction of sp³-hybridized carbons (Fsp3) is 0.714. The van der Waals surface area contributed by atoms with Crippen molar-refractivity contribution in [2.75, 3.05) is 11.6 Å². The van der Waals surface area contributed by atoms with Crippen LogP contribution in [0.1, 0.15) is 32.6 Å². The average molecular weight is 360 g/mol. The van der Waals surface area contributed by atoms with Gasteiger partial charge in [0.2, 0.25) is 17.7 Å². The molecule has 0 spiro atoms. The van der Waals surface area contributed by atoms with Gasteiger partial charge >= 0.3 is 5.97 Å². The molecule has 2 aliphatic heterocycles. The van der Waals surface area contributed by atoms with Gasteiger partial charge in [0.15, 0.2) is 0 Å². The van der Waals surface area contributed by atoms with Gasteiger partial charge in [0.05, 0.1) is 6.04 Å². The second kappa shape index (κ2) is 10.1. The predicted octanol–water partition coefficient (Wildman–Crippen LogP) is -1.23. The summed E-state index contributed by atoms with van der Waals surface area (Å²) in [7, 11) is 0. The molecule has 0 saturated carbocycles. The number of amides is 3. The largest absolute Gasteiger partial charge is 0.480 e. The number of thioether (sulfide) groups is 1. The van der Waals surface area contributed by atoms with Gasteiger partial charge in [-0.05, 0) is 12.8 Å². The molecule has 1 unspecified atom stereocenters. The van der Waals surface area contributed by atoms with Crippen molar-refractivity contribution < 1.29 is 24.3 Å². The molecular formula is C14H24N4O5S. The lowest BCUT2D eigenvalue weighted by Crippen LogP contribution is -2.48. The molecule has 2 rings (SSSR count). The van der Waals surface area contributed by atoms with Crippen molar-refractivity contribution in [3.8, 4) is 0 Å². The van der Waals surface area contributed by atoms with Crippen LogP contribution in [-0.2, 0) is 19.2 Å². The van der Waals surface area contributed by atoms with Gasteiger partial charge in [-0.15, -0.1) is 11.8 Å². The van der Waals surface area contributed by atoms with E-state index in [1.165, 1.54) is 0 Å². The Bertz CT molecular complexity index is 482. The molecule has 2 fully saturated rings. The maximum absolute atomic E-state index is 11.6. The Morgan fingerprint density at radius 2 is 2.12 bits per heavy atom. The van der Waals surface area contributed by atoms with Gasteiger partial charge < -0.3 is 21.5 Å². The molecule has 24 heavy (non-hydrogen) atoms. The van der Waals surface area contributed by atoms with E-state index in [0.29, 0.717) is 25.7 Å². The number of rotatable bonds is 6. The summed E-state index contributed by atoms with van der Waals surface area (Å²) in [5.41, 5.74) is 4.98. The van der Waals surface area contributed by atoms with Crippen molar-refractivity contribution in [2.24, 2.45) is 5.73 Å². The maximum Gasteiger partial charge on any atom is 0.326 e. The van der Waals surface area contributed by atoms with E-state index in [1.54, 1.807) is 11.8 Å². The van der Waals surface area contributed by atoms with E-state index in [4.69, 9.17) is 10.8 Å². The van der Waals surface area contributed by atoms with Gasteiger partial charge in [0.1, 0.15) is 12.1 Å². The summed E-state index contributed by atoms with van der Waals surface area (Å²) in [5, 5.41) is 16.7. The number of carbonyl (C=O) groups is 4. The van der Waals surface area contributed by atoms with Crippen LogP contribution < -0.4 is 21.7 Å². The molecule has 3 atom stereocenters. The summed E-state index contributed by atoms with van der Waals surface area (Å²) in [6.07, 6.45) is 1.82. The molecule has 9 nitrogen and oxygen atoms in total. The number of carboxylic acids is 1. The molecule has 0 aliphatic carbocycles. The first kappa shape index (κ1) is 20.2. The van der Waals surface area contributed by atoms with E-state index in [9.17, 15) is 19.2 Å². The van der Waals surface area contributed by atoms with Gasteiger partial charge in [-0.2, -0.15) is 0 Å². The number of carboxylic acid groups (broad SMARTS) is 1. The standard InChI is InChI=1S/C10H16N2O4.C4H8N2OS/c1-2-3-7(10(15)16)12-9(14)6-4-5-8(13)11-6;5-4(7)3-1-8-2-6-3/h6-7H,2-5H2,1H3,(H,11,13)(H,12,14)(H,15,16);3,6H,1-2H2,(H2,5,7)/t6-,7-;/m0./s1. The van der Waals surface area contributed by atoms with Crippen LogP contribution in [0.3, 0.4) is 0 Å². The number of hydrogen-bond donors (Lipinski definition) is 5. The van der Waals surface area contributed by atoms with Crippen LogP contribution in [0, 0.1) is 0 Å². The molecule has 0 aromatic heterocycles. The lowest BCUT2D eigenvalue weighted by molar-refractivity contribution is -0.142. The molecule has 0 bridgehead atoms. The molecule has 0 aromatic carbocycles. The Labute approximate surface area is 144 Å². The Balaban J connectivity index is 0.000000300. The molecule has 6 N–H and O–H groups in total. The first-order valence-corrected chi connectivity index (χ1v) is 8.93. The van der Waals surface area contributed by atoms with Gasteiger partial charge in [-0.25, -0.2) is 4.79 Å². The highest BCUT2D eigenvalue weighted by Gasteiger charge is 2.29. The average Bonchev–Trinajstić information content (AvgIpc) is 3.18. The van der Waals surface area contributed by atoms with Gasteiger partial charge in [-0.3, -0.25) is 19.7 Å². The Morgan fingerprint density at radius 3 is 2.50 bits per heavy atom. The van der Waals surface area contributed by atoms with E-state index in [-0.39, 0.29) is 17.9 Å². The van der Waals surface area contributed by atoms with Crippen molar-refractivity contribution in [1.29, 1.82) is 0 Å². The summed E-state index contributed by atoms with van der Waals surface area (Å²) in [6.45, 7) is 1.85. The van der Waals surface area contributed by atoms with Crippen molar-refractivity contribution >= 4 is 35.5 Å². The molecule has 2 aliphatic rings. The molecular weight excluding hydrogens is 336 g/mol. The van der Waals surface area contributed by atoms with Gasteiger partial charge in [-0.1, -0.05) is 13.3 Å². The molecule has 136 valence electrons. The van der Waals surface area contributed by atoms with E-state index >= 15 is 0 Å². The fourth-order valence-electron chi connectivity index (χ4n) is 2.21. The number of carbonyl (C=O) groups excluding carboxylic acids is 3. The van der Waals surface area contributed by atoms with E-state index in [1.807, 2.05) is 6.92 Å². The first-order valence-electron chi connectivity index (χ1n) is 7.78. The van der Waals surface area contributed by atoms with Crippen LogP contribution >= 0.6 is 11.8 Å². The van der Waals surface area contributed by atoms with Crippen LogP contribution in [0.25, 0.3) is 0 Å². The molecule has 3 amide bonds. The topological polar surface area (TPSA) is 151 Å². The SMILES string of the molecule is CCC[C@H](NC(=O)[C@@H]1CCC(=O)N1)C(=O)O.NC(=O)C1CSCN1. The van der Waals surface area contributed by atoms with Gasteiger partial charge in [0, 0.05) is 18.1 Å². The number of primary amides is 1. The molecule has 2 saturated heterocycles. The summed E-state index contributed by atoms with van der Waals surface area (Å²) in [6, 6.07) is -1.53. The second-order valence-corrected chi connectivity index (χ2v) is 6.55. The summed E-state index contributed by atoms with van der Waals surface area (Å²) in [4.78, 5) is 43.6. The zero-order chi connectivity index (χ0) is 18.1. The highest BCUT2D eigenvalue weighted by Crippen LogP contribution is 2.08. The molecule has 10 heteroatoms. The zero-order valence-corrected chi connectivity index (χ0v) is 14.4. The highest BCUT2D eigenvalue weighted by molar-refractivity contribution is 7.99. The number of aliphatic carboxylic acids is 1. The van der Waals surface area contributed by atoms with Crippen molar-refractivity contribution in [3.63, 3.8) is 0 Å². The van der Waals surface area contributed by atoms with Crippen LogP contribution in [-0.4, -0.2) is 58.6 Å². The van der Waals surface area contributed by atoms with Crippen LogP contribution in [0.2, 0.25) is 0 Å². The lowest BCUT2D eigenvalue weighted by Gasteiger charge is -2.16. The minimum Gasteiger partial charge on any atom is -0.480 e. The predicted molar refractivity (Wildman–Crippen MR) is 89.1 cm³/mol. The number of nitrogens with two attached hydrogens (primary N) is 1. The number of hydrogen-bond acceptors (Lipinski definition) is 6. The van der Waals surface area contributed by atoms with Crippen LogP contribution in [0.4, 0.5) is 0 Å². The highest BCUT2D eigenvalue weighted by atomic mass is 32.2. The Morgan fingerprint density at radius 1 is 1.42 bits per heavy atom. The summed E-state index contributed by atoms with van der Waals surface area (Å²) < 4.78 is 0. The maximum atomic E-state index is 11.6. The number of nitrogens with one attached hydrogen (secondary N) is 3. The minimum atomic E-state index is -1.04. The third-order valence-electron chi connectivity index (χ3n) is 3.56. The first-order chi connectivity index (χ1) is 11.3. The quantitative estimate of drug-likeness (QED) is 0.398. The van der Waals surface area contributed by atoms with Crippen LogP contribution in [0.5, 0.6) is 0 Å². The molecule has 2 heterocycles. The third kappa shape index (κ3) is 6.75. The lowest BCUT2D eigenvalue weighted by atomic mass is 10.1.